The second kappa shape index (κ2) is 6.33. The van der Waals surface area contributed by atoms with Gasteiger partial charge in [0.1, 0.15) is 11.0 Å². The van der Waals surface area contributed by atoms with E-state index in [9.17, 15) is 0 Å². The lowest BCUT2D eigenvalue weighted by Crippen LogP contribution is -2.15. The summed E-state index contributed by atoms with van der Waals surface area (Å²) in [5.74, 6) is 1.41. The van der Waals surface area contributed by atoms with E-state index in [-0.39, 0.29) is 5.41 Å². The van der Waals surface area contributed by atoms with Crippen LogP contribution >= 0.6 is 35.0 Å². The zero-order valence-electron chi connectivity index (χ0n) is 11.7. The number of hydrogen-bond acceptors (Lipinski definition) is 3. The van der Waals surface area contributed by atoms with Gasteiger partial charge in [0.25, 0.3) is 0 Å². The molecule has 1 heterocycles. The summed E-state index contributed by atoms with van der Waals surface area (Å²) >= 11 is 13.7. The molecular weight excluding hydrogens is 311 g/mol. The summed E-state index contributed by atoms with van der Waals surface area (Å²) in [6.07, 6.45) is 0. The van der Waals surface area contributed by atoms with E-state index in [1.807, 2.05) is 30.3 Å². The average Bonchev–Trinajstić information content (AvgIpc) is 2.35. The number of thioether (sulfide) groups is 1. The largest absolute Gasteiger partial charge is 0.236 e. The zero-order valence-corrected chi connectivity index (χ0v) is 14.0. The van der Waals surface area contributed by atoms with Crippen LogP contribution in [0.25, 0.3) is 0 Å². The van der Waals surface area contributed by atoms with E-state index in [0.717, 1.165) is 21.4 Å². The van der Waals surface area contributed by atoms with Crippen LogP contribution in [0.4, 0.5) is 0 Å². The molecule has 0 unspecified atom stereocenters. The van der Waals surface area contributed by atoms with Gasteiger partial charge in [0, 0.05) is 15.3 Å². The van der Waals surface area contributed by atoms with Crippen LogP contribution in [-0.4, -0.2) is 9.97 Å². The molecule has 0 saturated heterocycles. The van der Waals surface area contributed by atoms with Crippen molar-refractivity contribution in [2.75, 3.05) is 0 Å². The molecule has 5 heteroatoms. The normalized spacial score (nSPS) is 11.7. The van der Waals surface area contributed by atoms with Crippen LogP contribution in [0.15, 0.2) is 35.2 Å². The topological polar surface area (TPSA) is 25.8 Å². The Kier molecular flexibility index (Phi) is 4.95. The van der Waals surface area contributed by atoms with Crippen molar-refractivity contribution < 1.29 is 0 Å². The van der Waals surface area contributed by atoms with E-state index in [1.165, 1.54) is 0 Å². The van der Waals surface area contributed by atoms with Gasteiger partial charge >= 0.3 is 0 Å². The lowest BCUT2D eigenvalue weighted by Gasteiger charge is -2.18. The maximum atomic E-state index is 6.08. The van der Waals surface area contributed by atoms with E-state index < -0.39 is 0 Å². The summed E-state index contributed by atoms with van der Waals surface area (Å²) in [6, 6.07) is 9.57. The molecule has 0 aliphatic rings. The first kappa shape index (κ1) is 15.6. The highest BCUT2D eigenvalue weighted by molar-refractivity contribution is 7.98. The predicted octanol–water partition coefficient (Wildman–Crippen LogP) is 5.37. The zero-order chi connectivity index (χ0) is 14.8. The highest BCUT2D eigenvalue weighted by Crippen LogP contribution is 2.27. The Labute approximate surface area is 133 Å². The van der Waals surface area contributed by atoms with Gasteiger partial charge in [-0.2, -0.15) is 0 Å². The Hall–Kier alpha value is -0.770. The third-order valence-electron chi connectivity index (χ3n) is 2.67. The molecule has 0 saturated carbocycles. The molecule has 0 bridgehead atoms. The smallest absolute Gasteiger partial charge is 0.140 e. The van der Waals surface area contributed by atoms with Crippen molar-refractivity contribution in [3.8, 4) is 0 Å². The Morgan fingerprint density at radius 1 is 1.10 bits per heavy atom. The summed E-state index contributed by atoms with van der Waals surface area (Å²) in [4.78, 5) is 9.97. The van der Waals surface area contributed by atoms with Gasteiger partial charge in [0.05, 0.1) is 11.4 Å². The van der Waals surface area contributed by atoms with Crippen LogP contribution < -0.4 is 0 Å². The monoisotopic (exact) mass is 326 g/mol. The molecule has 1 aromatic carbocycles. The van der Waals surface area contributed by atoms with Crippen LogP contribution in [-0.2, 0) is 11.2 Å². The minimum atomic E-state index is -0.0396. The van der Waals surface area contributed by atoms with Crippen LogP contribution in [0, 0.1) is 0 Å². The van der Waals surface area contributed by atoms with Crippen LogP contribution in [0.5, 0.6) is 0 Å². The van der Waals surface area contributed by atoms with Gasteiger partial charge in [-0.05, 0) is 24.3 Å². The minimum Gasteiger partial charge on any atom is -0.236 e. The second-order valence-corrected chi connectivity index (χ2v) is 7.36. The lowest BCUT2D eigenvalue weighted by atomic mass is 9.92. The molecule has 20 heavy (non-hydrogen) atoms. The first-order chi connectivity index (χ1) is 9.34. The molecule has 2 aromatic rings. The number of rotatable bonds is 3. The van der Waals surface area contributed by atoms with Crippen molar-refractivity contribution in [2.45, 2.75) is 36.8 Å². The van der Waals surface area contributed by atoms with Crippen molar-refractivity contribution in [3.05, 3.63) is 52.0 Å². The third-order valence-corrected chi connectivity index (χ3v) is 4.09. The number of benzene rings is 1. The van der Waals surface area contributed by atoms with Crippen LogP contribution in [0.1, 0.15) is 32.3 Å². The number of halogens is 2. The molecular formula is C15H16Cl2N2S. The predicted molar refractivity (Wildman–Crippen MR) is 86.8 cm³/mol. The fourth-order valence-electron chi connectivity index (χ4n) is 1.62. The summed E-state index contributed by atoms with van der Waals surface area (Å²) in [5.41, 5.74) is 0.918. The van der Waals surface area contributed by atoms with Gasteiger partial charge in [0.2, 0.25) is 0 Å². The molecule has 0 fully saturated rings. The first-order valence-corrected chi connectivity index (χ1v) is 8.01. The van der Waals surface area contributed by atoms with Crippen molar-refractivity contribution >= 4 is 35.0 Å². The summed E-state index contributed by atoms with van der Waals surface area (Å²) in [5, 5.41) is 1.23. The van der Waals surface area contributed by atoms with Crippen molar-refractivity contribution in [3.63, 3.8) is 0 Å². The average molecular weight is 327 g/mol. The second-order valence-electron chi connectivity index (χ2n) is 5.49. The summed E-state index contributed by atoms with van der Waals surface area (Å²) in [6.45, 7) is 6.33. The molecule has 2 nitrogen and oxygen atoms in total. The lowest BCUT2D eigenvalue weighted by molar-refractivity contribution is 0.564. The van der Waals surface area contributed by atoms with E-state index in [2.05, 4.69) is 30.7 Å². The van der Waals surface area contributed by atoms with E-state index in [4.69, 9.17) is 23.2 Å². The minimum absolute atomic E-state index is 0.0396. The molecule has 2 rings (SSSR count). The van der Waals surface area contributed by atoms with Gasteiger partial charge in [-0.25, -0.2) is 9.97 Å². The Morgan fingerprint density at radius 3 is 2.50 bits per heavy atom. The van der Waals surface area contributed by atoms with Crippen molar-refractivity contribution in [1.82, 2.24) is 9.97 Å². The molecule has 0 N–H and O–H groups in total. The van der Waals surface area contributed by atoms with Crippen LogP contribution in [0.2, 0.25) is 10.2 Å². The number of aromatic nitrogens is 2. The SMILES string of the molecule is CC(C)(C)c1cc(Cl)nc(CSc2cccc(Cl)c2)n1. The van der Waals surface area contributed by atoms with E-state index >= 15 is 0 Å². The number of hydrogen-bond donors (Lipinski definition) is 0. The summed E-state index contributed by atoms with van der Waals surface area (Å²) in [7, 11) is 0. The maximum absolute atomic E-state index is 6.08. The molecule has 1 aromatic heterocycles. The van der Waals surface area contributed by atoms with Gasteiger partial charge in [-0.1, -0.05) is 50.0 Å². The fraction of sp³-hybridized carbons (Fsp3) is 0.333. The molecule has 0 amide bonds. The third kappa shape index (κ3) is 4.37. The molecule has 0 aliphatic heterocycles. The number of nitrogens with zero attached hydrogens (tertiary/aromatic N) is 2. The molecule has 0 radical (unpaired) electrons. The highest BCUT2D eigenvalue weighted by atomic mass is 35.5. The highest BCUT2D eigenvalue weighted by Gasteiger charge is 2.17. The first-order valence-electron chi connectivity index (χ1n) is 6.27. The van der Waals surface area contributed by atoms with Crippen molar-refractivity contribution in [1.29, 1.82) is 0 Å². The molecule has 0 spiro atoms. The standard InChI is InChI=1S/C15H16Cl2N2S/c1-15(2,3)12-8-13(17)19-14(18-12)9-20-11-6-4-5-10(16)7-11/h4-8H,9H2,1-3H3. The quantitative estimate of drug-likeness (QED) is 0.559. The van der Waals surface area contributed by atoms with Gasteiger partial charge in [-0.3, -0.25) is 0 Å². The van der Waals surface area contributed by atoms with E-state index in [1.54, 1.807) is 11.8 Å². The Morgan fingerprint density at radius 2 is 1.85 bits per heavy atom. The Balaban J connectivity index is 2.16. The van der Waals surface area contributed by atoms with Gasteiger partial charge in [0.15, 0.2) is 0 Å². The molecule has 106 valence electrons. The molecule has 0 atom stereocenters. The van der Waals surface area contributed by atoms with Crippen molar-refractivity contribution in [2.24, 2.45) is 0 Å². The molecule has 0 aliphatic carbocycles. The van der Waals surface area contributed by atoms with Gasteiger partial charge < -0.3 is 0 Å². The summed E-state index contributed by atoms with van der Waals surface area (Å²) < 4.78 is 0. The Bertz CT molecular complexity index is 609. The van der Waals surface area contributed by atoms with Crippen LogP contribution in [0.3, 0.4) is 0 Å². The van der Waals surface area contributed by atoms with E-state index in [0.29, 0.717) is 10.9 Å². The maximum Gasteiger partial charge on any atom is 0.140 e. The van der Waals surface area contributed by atoms with Gasteiger partial charge in [-0.15, -0.1) is 11.8 Å². The fourth-order valence-corrected chi connectivity index (χ4v) is 2.88.